The number of ether oxygens (including phenoxy) is 1. The number of allylic oxidation sites excluding steroid dienone is 3. The van der Waals surface area contributed by atoms with Gasteiger partial charge >= 0.3 is 5.97 Å². The Bertz CT molecular complexity index is 696. The zero-order valence-electron chi connectivity index (χ0n) is 14.6. The van der Waals surface area contributed by atoms with E-state index >= 15 is 0 Å². The molecule has 1 saturated carbocycles. The number of fused-ring (bicyclic) bond motifs is 3. The summed E-state index contributed by atoms with van der Waals surface area (Å²) in [5, 5.41) is 0. The van der Waals surface area contributed by atoms with Gasteiger partial charge in [0.2, 0.25) is 0 Å². The Morgan fingerprint density at radius 1 is 1.33 bits per heavy atom. The number of esters is 1. The van der Waals surface area contributed by atoms with E-state index in [-0.39, 0.29) is 40.9 Å². The molecular formula is C20H24O4. The molecule has 0 amide bonds. The first-order valence-corrected chi connectivity index (χ1v) is 8.55. The maximum Gasteiger partial charge on any atom is 0.334 e. The summed E-state index contributed by atoms with van der Waals surface area (Å²) >= 11 is 0. The van der Waals surface area contributed by atoms with Crippen molar-refractivity contribution in [3.63, 3.8) is 0 Å². The molecule has 1 fully saturated rings. The van der Waals surface area contributed by atoms with E-state index in [0.29, 0.717) is 36.8 Å². The van der Waals surface area contributed by atoms with Crippen molar-refractivity contribution in [2.24, 2.45) is 17.3 Å². The molecule has 2 aliphatic carbocycles. The summed E-state index contributed by atoms with van der Waals surface area (Å²) in [6.45, 7) is 9.57. The van der Waals surface area contributed by atoms with Crippen molar-refractivity contribution < 1.29 is 19.1 Å². The summed E-state index contributed by atoms with van der Waals surface area (Å²) in [6.07, 6.45) is 5.34. The molecule has 3 aliphatic rings. The maximum atomic E-state index is 12.5. The van der Waals surface area contributed by atoms with Gasteiger partial charge in [-0.1, -0.05) is 19.1 Å². The Hall–Kier alpha value is -1.97. The highest BCUT2D eigenvalue weighted by Gasteiger charge is 2.60. The van der Waals surface area contributed by atoms with Gasteiger partial charge in [0.15, 0.2) is 11.6 Å². The fourth-order valence-corrected chi connectivity index (χ4v) is 3.74. The lowest BCUT2D eigenvalue weighted by Crippen LogP contribution is -2.23. The highest BCUT2D eigenvalue weighted by Crippen LogP contribution is 2.58. The third-order valence-electron chi connectivity index (χ3n) is 5.81. The average Bonchev–Trinajstić information content (AvgIpc) is 3.06. The number of carbonyl (C=O) groups excluding carboxylic acids is 3. The van der Waals surface area contributed by atoms with Crippen molar-refractivity contribution in [3.8, 4) is 0 Å². The topological polar surface area (TPSA) is 60.4 Å². The smallest absolute Gasteiger partial charge is 0.334 e. The number of hydrogen-bond acceptors (Lipinski definition) is 4. The van der Waals surface area contributed by atoms with E-state index in [1.807, 2.05) is 19.9 Å². The van der Waals surface area contributed by atoms with Crippen LogP contribution in [0.5, 0.6) is 0 Å². The van der Waals surface area contributed by atoms with E-state index in [1.54, 1.807) is 6.92 Å². The summed E-state index contributed by atoms with van der Waals surface area (Å²) in [4.78, 5) is 37.0. The molecule has 24 heavy (non-hydrogen) atoms. The van der Waals surface area contributed by atoms with Gasteiger partial charge in [-0.2, -0.15) is 0 Å². The molecule has 1 aliphatic heterocycles. The first kappa shape index (κ1) is 16.9. The SMILES string of the molecule is C=C(C)C1CCC2=CC(OC2=O)C2(C)CC2C(=O)C=C(C)C(=O)C1. The van der Waals surface area contributed by atoms with E-state index < -0.39 is 0 Å². The molecular weight excluding hydrogens is 304 g/mol. The summed E-state index contributed by atoms with van der Waals surface area (Å²) in [5.74, 6) is -0.497. The lowest BCUT2D eigenvalue weighted by atomic mass is 9.88. The predicted octanol–water partition coefficient (Wildman–Crippen LogP) is 3.33. The van der Waals surface area contributed by atoms with Crippen LogP contribution >= 0.6 is 0 Å². The van der Waals surface area contributed by atoms with E-state index in [4.69, 9.17) is 4.74 Å². The Balaban J connectivity index is 1.93. The number of hydrogen-bond donors (Lipinski definition) is 0. The Kier molecular flexibility index (Phi) is 4.10. The Labute approximate surface area is 142 Å². The summed E-state index contributed by atoms with van der Waals surface area (Å²) in [5.41, 5.74) is 1.77. The Morgan fingerprint density at radius 3 is 2.71 bits per heavy atom. The maximum absolute atomic E-state index is 12.5. The van der Waals surface area contributed by atoms with Crippen LogP contribution in [0.3, 0.4) is 0 Å². The van der Waals surface area contributed by atoms with E-state index in [2.05, 4.69) is 6.58 Å². The Morgan fingerprint density at radius 2 is 2.04 bits per heavy atom. The fourth-order valence-electron chi connectivity index (χ4n) is 3.74. The number of carbonyl (C=O) groups is 3. The van der Waals surface area contributed by atoms with Crippen molar-refractivity contribution >= 4 is 17.5 Å². The van der Waals surface area contributed by atoms with E-state index in [1.165, 1.54) is 6.08 Å². The van der Waals surface area contributed by atoms with Gasteiger partial charge in [0, 0.05) is 23.3 Å². The van der Waals surface area contributed by atoms with Crippen LogP contribution in [0.25, 0.3) is 0 Å². The summed E-state index contributed by atoms with van der Waals surface area (Å²) in [6, 6.07) is 0. The van der Waals surface area contributed by atoms with E-state index in [9.17, 15) is 14.4 Å². The second-order valence-corrected chi connectivity index (χ2v) is 7.72. The van der Waals surface area contributed by atoms with Gasteiger partial charge in [-0.3, -0.25) is 9.59 Å². The van der Waals surface area contributed by atoms with Gasteiger partial charge in [-0.25, -0.2) is 4.79 Å². The van der Waals surface area contributed by atoms with Crippen LogP contribution in [-0.2, 0) is 19.1 Å². The van der Waals surface area contributed by atoms with Gasteiger partial charge in [-0.05, 0) is 56.8 Å². The van der Waals surface area contributed by atoms with Crippen molar-refractivity contribution in [3.05, 3.63) is 35.5 Å². The zero-order chi connectivity index (χ0) is 17.6. The molecule has 4 nitrogen and oxygen atoms in total. The van der Waals surface area contributed by atoms with Crippen molar-refractivity contribution in [2.45, 2.75) is 52.6 Å². The van der Waals surface area contributed by atoms with Crippen molar-refractivity contribution in [2.75, 3.05) is 0 Å². The standard InChI is InChI=1S/C20H24O4/c1-11(2)13-5-6-14-9-18(24-19(14)23)20(4)10-15(20)17(22)7-12(3)16(21)8-13/h7,9,13,15,18H,1,5-6,8,10H2,2-4H3. The van der Waals surface area contributed by atoms with Gasteiger partial charge in [-0.15, -0.1) is 0 Å². The molecule has 3 rings (SSSR count). The molecule has 4 atom stereocenters. The zero-order valence-corrected chi connectivity index (χ0v) is 14.6. The van der Waals surface area contributed by atoms with Crippen molar-refractivity contribution in [1.82, 2.24) is 0 Å². The normalized spacial score (nSPS) is 36.5. The van der Waals surface area contributed by atoms with Crippen LogP contribution in [-0.4, -0.2) is 23.6 Å². The largest absolute Gasteiger partial charge is 0.454 e. The molecule has 4 unspecified atom stereocenters. The summed E-state index contributed by atoms with van der Waals surface area (Å²) < 4.78 is 5.52. The molecule has 0 aromatic carbocycles. The van der Waals surface area contributed by atoms with Crippen LogP contribution in [0.4, 0.5) is 0 Å². The number of ketones is 2. The van der Waals surface area contributed by atoms with Gasteiger partial charge in [0.05, 0.1) is 0 Å². The average molecular weight is 328 g/mol. The van der Waals surface area contributed by atoms with Crippen LogP contribution in [0.1, 0.15) is 46.5 Å². The van der Waals surface area contributed by atoms with Gasteiger partial charge in [0.1, 0.15) is 6.10 Å². The minimum atomic E-state index is -0.337. The molecule has 0 aromatic rings. The van der Waals surface area contributed by atoms with Crippen molar-refractivity contribution in [1.29, 1.82) is 0 Å². The third-order valence-corrected chi connectivity index (χ3v) is 5.81. The van der Waals surface area contributed by atoms with Gasteiger partial charge < -0.3 is 4.74 Å². The number of Topliss-reactive ketones (excluding diaryl/α,β-unsaturated/α-hetero) is 1. The second kappa shape index (κ2) is 5.83. The first-order valence-electron chi connectivity index (χ1n) is 8.55. The summed E-state index contributed by atoms with van der Waals surface area (Å²) in [7, 11) is 0. The molecule has 1 heterocycles. The molecule has 0 saturated heterocycles. The predicted molar refractivity (Wildman–Crippen MR) is 90.1 cm³/mol. The molecule has 4 heteroatoms. The number of rotatable bonds is 1. The highest BCUT2D eigenvalue weighted by atomic mass is 16.5. The minimum Gasteiger partial charge on any atom is -0.454 e. The van der Waals surface area contributed by atoms with Crippen LogP contribution in [0, 0.1) is 17.3 Å². The molecule has 0 N–H and O–H groups in total. The van der Waals surface area contributed by atoms with Crippen LogP contribution < -0.4 is 0 Å². The fraction of sp³-hybridized carbons (Fsp3) is 0.550. The van der Waals surface area contributed by atoms with E-state index in [0.717, 1.165) is 5.57 Å². The van der Waals surface area contributed by atoms with Crippen LogP contribution in [0.2, 0.25) is 0 Å². The highest BCUT2D eigenvalue weighted by molar-refractivity contribution is 6.04. The lowest BCUT2D eigenvalue weighted by molar-refractivity contribution is -0.142. The first-order chi connectivity index (χ1) is 11.2. The molecule has 0 aromatic heterocycles. The molecule has 0 spiro atoms. The lowest BCUT2D eigenvalue weighted by Gasteiger charge is -2.17. The quantitative estimate of drug-likeness (QED) is 0.547. The minimum absolute atomic E-state index is 0.00887. The molecule has 2 bridgehead atoms. The van der Waals surface area contributed by atoms with Gasteiger partial charge in [0.25, 0.3) is 0 Å². The molecule has 128 valence electrons. The van der Waals surface area contributed by atoms with Crippen LogP contribution in [0.15, 0.2) is 35.5 Å². The third kappa shape index (κ3) is 2.90. The second-order valence-electron chi connectivity index (χ2n) is 7.72. The molecule has 0 radical (unpaired) electrons. The monoisotopic (exact) mass is 328 g/mol.